The maximum atomic E-state index is 11.4. The molecule has 106 valence electrons. The van der Waals surface area contributed by atoms with Crippen molar-refractivity contribution in [2.75, 3.05) is 6.61 Å². The summed E-state index contributed by atoms with van der Waals surface area (Å²) in [5, 5.41) is 4.66. The SMILES string of the molecule is CCOC(=O)C(C)Oc1ncn(-c2ccccc2Cl)n1. The van der Waals surface area contributed by atoms with Gasteiger partial charge >= 0.3 is 12.0 Å². The lowest BCUT2D eigenvalue weighted by Crippen LogP contribution is -2.26. The minimum Gasteiger partial charge on any atom is -0.463 e. The summed E-state index contributed by atoms with van der Waals surface area (Å²) in [7, 11) is 0. The molecule has 0 bridgehead atoms. The van der Waals surface area contributed by atoms with Crippen molar-refractivity contribution in [3.05, 3.63) is 35.6 Å². The number of ether oxygens (including phenoxy) is 2. The zero-order valence-corrected chi connectivity index (χ0v) is 11.9. The Hall–Kier alpha value is -2.08. The fourth-order valence-corrected chi connectivity index (χ4v) is 1.74. The fourth-order valence-electron chi connectivity index (χ4n) is 1.52. The van der Waals surface area contributed by atoms with Crippen LogP contribution < -0.4 is 4.74 Å². The first kappa shape index (κ1) is 14.3. The van der Waals surface area contributed by atoms with Gasteiger partial charge in [0, 0.05) is 0 Å². The van der Waals surface area contributed by atoms with Crippen molar-refractivity contribution >= 4 is 17.6 Å². The first-order valence-electron chi connectivity index (χ1n) is 6.11. The van der Waals surface area contributed by atoms with Crippen LogP contribution in [0.1, 0.15) is 13.8 Å². The summed E-state index contributed by atoms with van der Waals surface area (Å²) < 4.78 is 11.6. The van der Waals surface area contributed by atoms with E-state index in [0.717, 1.165) is 0 Å². The standard InChI is InChI=1S/C13H14ClN3O3/c1-3-19-12(18)9(2)20-13-15-8-17(16-13)11-7-5-4-6-10(11)14/h4-9H,3H2,1-2H3. The molecule has 1 unspecified atom stereocenters. The van der Waals surface area contributed by atoms with Gasteiger partial charge in [-0.05, 0) is 26.0 Å². The van der Waals surface area contributed by atoms with Crippen molar-refractivity contribution in [1.82, 2.24) is 14.8 Å². The van der Waals surface area contributed by atoms with E-state index in [1.54, 1.807) is 26.0 Å². The van der Waals surface area contributed by atoms with Crippen LogP contribution in [0.25, 0.3) is 5.69 Å². The molecular formula is C13H14ClN3O3. The normalized spacial score (nSPS) is 11.9. The van der Waals surface area contributed by atoms with Gasteiger partial charge in [-0.3, -0.25) is 0 Å². The number of rotatable bonds is 5. The fraction of sp³-hybridized carbons (Fsp3) is 0.308. The van der Waals surface area contributed by atoms with E-state index in [2.05, 4.69) is 10.1 Å². The molecule has 0 aliphatic carbocycles. The van der Waals surface area contributed by atoms with Crippen molar-refractivity contribution in [3.63, 3.8) is 0 Å². The number of hydrogen-bond acceptors (Lipinski definition) is 5. The molecular weight excluding hydrogens is 282 g/mol. The van der Waals surface area contributed by atoms with Gasteiger partial charge in [0.15, 0.2) is 6.10 Å². The van der Waals surface area contributed by atoms with Gasteiger partial charge in [-0.25, -0.2) is 9.48 Å². The molecule has 6 nitrogen and oxygen atoms in total. The van der Waals surface area contributed by atoms with Crippen LogP contribution in [0.15, 0.2) is 30.6 Å². The molecule has 0 aliphatic rings. The third-order valence-electron chi connectivity index (χ3n) is 2.47. The Kier molecular flexibility index (Phi) is 4.57. The molecule has 0 fully saturated rings. The molecule has 0 spiro atoms. The van der Waals surface area contributed by atoms with Gasteiger partial charge < -0.3 is 9.47 Å². The topological polar surface area (TPSA) is 66.2 Å². The molecule has 20 heavy (non-hydrogen) atoms. The van der Waals surface area contributed by atoms with Crippen LogP contribution in [0, 0.1) is 0 Å². The molecule has 2 aromatic rings. The van der Waals surface area contributed by atoms with Crippen LogP contribution in [0.4, 0.5) is 0 Å². The molecule has 0 saturated carbocycles. The summed E-state index contributed by atoms with van der Waals surface area (Å²) in [4.78, 5) is 15.4. The molecule has 0 amide bonds. The molecule has 0 aliphatic heterocycles. The molecule has 0 N–H and O–H groups in total. The van der Waals surface area contributed by atoms with E-state index in [0.29, 0.717) is 17.3 Å². The zero-order chi connectivity index (χ0) is 14.5. The molecule has 0 radical (unpaired) electrons. The maximum absolute atomic E-state index is 11.4. The quantitative estimate of drug-likeness (QED) is 0.792. The zero-order valence-electron chi connectivity index (χ0n) is 11.1. The minimum atomic E-state index is -0.767. The number of esters is 1. The summed E-state index contributed by atoms with van der Waals surface area (Å²) in [6, 6.07) is 7.30. The third kappa shape index (κ3) is 3.27. The average Bonchev–Trinajstić information content (AvgIpc) is 2.87. The lowest BCUT2D eigenvalue weighted by molar-refractivity contribution is -0.150. The molecule has 1 aromatic carbocycles. The van der Waals surface area contributed by atoms with E-state index in [4.69, 9.17) is 21.1 Å². The highest BCUT2D eigenvalue weighted by atomic mass is 35.5. The summed E-state index contributed by atoms with van der Waals surface area (Å²) in [5.74, 6) is -0.457. The molecule has 1 atom stereocenters. The largest absolute Gasteiger partial charge is 0.463 e. The average molecular weight is 296 g/mol. The van der Waals surface area contributed by atoms with Crippen molar-refractivity contribution < 1.29 is 14.3 Å². The lowest BCUT2D eigenvalue weighted by Gasteiger charge is -2.09. The Balaban J connectivity index is 2.10. The first-order chi connectivity index (χ1) is 9.61. The molecule has 2 rings (SSSR count). The maximum Gasteiger partial charge on any atom is 0.347 e. The number of halogens is 1. The predicted molar refractivity (Wildman–Crippen MR) is 73.1 cm³/mol. The Bertz CT molecular complexity index is 600. The summed E-state index contributed by atoms with van der Waals surface area (Å²) >= 11 is 6.06. The Morgan fingerprint density at radius 2 is 2.20 bits per heavy atom. The Labute approximate surface area is 121 Å². The van der Waals surface area contributed by atoms with Crippen LogP contribution in [-0.2, 0) is 9.53 Å². The van der Waals surface area contributed by atoms with Crippen molar-refractivity contribution in [2.24, 2.45) is 0 Å². The van der Waals surface area contributed by atoms with Gasteiger partial charge in [0.25, 0.3) is 0 Å². The van der Waals surface area contributed by atoms with Gasteiger partial charge in [-0.2, -0.15) is 4.98 Å². The first-order valence-corrected chi connectivity index (χ1v) is 6.49. The number of nitrogens with zero attached hydrogens (tertiary/aromatic N) is 3. The molecule has 1 aromatic heterocycles. The summed E-state index contributed by atoms with van der Waals surface area (Å²) in [5.41, 5.74) is 0.681. The van der Waals surface area contributed by atoms with E-state index >= 15 is 0 Å². The molecule has 1 heterocycles. The van der Waals surface area contributed by atoms with Crippen LogP contribution in [0.2, 0.25) is 5.02 Å². The van der Waals surface area contributed by atoms with Gasteiger partial charge in [-0.15, -0.1) is 5.10 Å². The van der Waals surface area contributed by atoms with E-state index in [-0.39, 0.29) is 6.01 Å². The highest BCUT2D eigenvalue weighted by Gasteiger charge is 2.18. The third-order valence-corrected chi connectivity index (χ3v) is 2.79. The van der Waals surface area contributed by atoms with E-state index in [1.165, 1.54) is 11.0 Å². The molecule has 0 saturated heterocycles. The van der Waals surface area contributed by atoms with Crippen LogP contribution in [-0.4, -0.2) is 33.4 Å². The highest BCUT2D eigenvalue weighted by Crippen LogP contribution is 2.19. The number of carbonyl (C=O) groups is 1. The predicted octanol–water partition coefficient (Wildman–Crippen LogP) is 2.25. The number of carbonyl (C=O) groups excluding carboxylic acids is 1. The van der Waals surface area contributed by atoms with E-state index in [1.807, 2.05) is 12.1 Å². The van der Waals surface area contributed by atoms with Gasteiger partial charge in [-0.1, -0.05) is 23.7 Å². The Morgan fingerprint density at radius 1 is 1.45 bits per heavy atom. The van der Waals surface area contributed by atoms with Crippen LogP contribution in [0.5, 0.6) is 6.01 Å². The smallest absolute Gasteiger partial charge is 0.347 e. The number of hydrogen-bond donors (Lipinski definition) is 0. The van der Waals surface area contributed by atoms with E-state index < -0.39 is 12.1 Å². The van der Waals surface area contributed by atoms with Crippen LogP contribution in [0.3, 0.4) is 0 Å². The van der Waals surface area contributed by atoms with Crippen molar-refractivity contribution in [2.45, 2.75) is 20.0 Å². The summed E-state index contributed by atoms with van der Waals surface area (Å²) in [6.45, 7) is 3.61. The van der Waals surface area contributed by atoms with Crippen molar-refractivity contribution in [3.8, 4) is 11.7 Å². The second-order valence-electron chi connectivity index (χ2n) is 3.94. The monoisotopic (exact) mass is 295 g/mol. The van der Waals surface area contributed by atoms with Gasteiger partial charge in [0.1, 0.15) is 6.33 Å². The van der Waals surface area contributed by atoms with Crippen LogP contribution >= 0.6 is 11.6 Å². The summed E-state index contributed by atoms with van der Waals surface area (Å²) in [6.07, 6.45) is 0.700. The second-order valence-corrected chi connectivity index (χ2v) is 4.34. The second kappa shape index (κ2) is 6.38. The highest BCUT2D eigenvalue weighted by molar-refractivity contribution is 6.32. The lowest BCUT2D eigenvalue weighted by atomic mass is 10.3. The van der Waals surface area contributed by atoms with Gasteiger partial charge in [0.05, 0.1) is 17.3 Å². The van der Waals surface area contributed by atoms with Crippen molar-refractivity contribution in [1.29, 1.82) is 0 Å². The van der Waals surface area contributed by atoms with Gasteiger partial charge in [0.2, 0.25) is 0 Å². The van der Waals surface area contributed by atoms with E-state index in [9.17, 15) is 4.79 Å². The Morgan fingerprint density at radius 3 is 2.90 bits per heavy atom. The molecule has 7 heteroatoms. The number of benzene rings is 1. The minimum absolute atomic E-state index is 0.0884. The number of para-hydroxylation sites is 1. The number of aromatic nitrogens is 3.